The zero-order chi connectivity index (χ0) is 13.0. The van der Waals surface area contributed by atoms with Gasteiger partial charge >= 0.3 is 0 Å². The van der Waals surface area contributed by atoms with Crippen LogP contribution in [0.1, 0.15) is 25.3 Å². The zero-order valence-corrected chi connectivity index (χ0v) is 12.9. The van der Waals surface area contributed by atoms with E-state index in [0.717, 1.165) is 41.2 Å². The summed E-state index contributed by atoms with van der Waals surface area (Å²) in [4.78, 5) is 0. The first kappa shape index (κ1) is 14.3. The summed E-state index contributed by atoms with van der Waals surface area (Å²) in [5.74, 6) is 0.643. The normalized spacial score (nSPS) is 23.5. The Labute approximate surface area is 122 Å². The fraction of sp³-hybridized carbons (Fsp3) is 0.571. The van der Waals surface area contributed by atoms with Crippen LogP contribution in [0.25, 0.3) is 0 Å². The largest absolute Gasteiger partial charge is 0.378 e. The maximum absolute atomic E-state index is 6.19. The van der Waals surface area contributed by atoms with E-state index in [0.29, 0.717) is 12.0 Å². The molecule has 2 rings (SSSR count). The molecule has 2 atom stereocenters. The topological polar surface area (TPSA) is 21.3 Å². The van der Waals surface area contributed by atoms with Crippen LogP contribution in [0.15, 0.2) is 22.7 Å². The number of nitrogens with one attached hydrogen (secondary N) is 1. The smallest absolute Gasteiger partial charge is 0.0613 e. The van der Waals surface area contributed by atoms with Gasteiger partial charge in [0, 0.05) is 29.2 Å². The second kappa shape index (κ2) is 6.90. The van der Waals surface area contributed by atoms with Crippen molar-refractivity contribution in [2.45, 2.75) is 32.4 Å². The predicted molar refractivity (Wildman–Crippen MR) is 79.0 cm³/mol. The first-order chi connectivity index (χ1) is 8.70. The molecule has 4 heteroatoms. The molecule has 0 amide bonds. The van der Waals surface area contributed by atoms with Crippen molar-refractivity contribution in [2.24, 2.45) is 5.92 Å². The Morgan fingerprint density at radius 2 is 2.33 bits per heavy atom. The van der Waals surface area contributed by atoms with Crippen LogP contribution in [0.3, 0.4) is 0 Å². The summed E-state index contributed by atoms with van der Waals surface area (Å²) in [5.41, 5.74) is 1.15. The van der Waals surface area contributed by atoms with Crippen LogP contribution in [0.2, 0.25) is 5.02 Å². The molecular weight excluding hydrogens is 314 g/mol. The molecule has 0 radical (unpaired) electrons. The third-order valence-electron chi connectivity index (χ3n) is 3.49. The van der Waals surface area contributed by atoms with Crippen molar-refractivity contribution < 1.29 is 4.74 Å². The Morgan fingerprint density at radius 1 is 1.50 bits per heavy atom. The van der Waals surface area contributed by atoms with E-state index in [2.05, 4.69) is 34.2 Å². The number of hydrogen-bond acceptors (Lipinski definition) is 2. The van der Waals surface area contributed by atoms with E-state index in [4.69, 9.17) is 16.3 Å². The van der Waals surface area contributed by atoms with Gasteiger partial charge in [-0.15, -0.1) is 0 Å². The Bertz CT molecular complexity index is 399. The second-order valence-electron chi connectivity index (χ2n) is 4.73. The van der Waals surface area contributed by atoms with Gasteiger partial charge in [-0.2, -0.15) is 0 Å². The van der Waals surface area contributed by atoms with Crippen LogP contribution in [-0.2, 0) is 11.3 Å². The van der Waals surface area contributed by atoms with Crippen molar-refractivity contribution in [2.75, 3.05) is 13.2 Å². The molecule has 2 nitrogen and oxygen atoms in total. The predicted octanol–water partition coefficient (Wildman–Crippen LogP) is 4.01. The monoisotopic (exact) mass is 331 g/mol. The lowest BCUT2D eigenvalue weighted by atomic mass is 9.99. The van der Waals surface area contributed by atoms with E-state index >= 15 is 0 Å². The van der Waals surface area contributed by atoms with E-state index < -0.39 is 0 Å². The van der Waals surface area contributed by atoms with Gasteiger partial charge in [-0.25, -0.2) is 0 Å². The fourth-order valence-electron chi connectivity index (χ4n) is 2.43. The molecule has 2 unspecified atom stereocenters. The van der Waals surface area contributed by atoms with E-state index in [-0.39, 0.29) is 0 Å². The number of rotatable bonds is 5. The van der Waals surface area contributed by atoms with E-state index in [9.17, 15) is 0 Å². The molecule has 1 aliphatic heterocycles. The van der Waals surface area contributed by atoms with Crippen molar-refractivity contribution in [3.63, 3.8) is 0 Å². The molecule has 100 valence electrons. The van der Waals surface area contributed by atoms with Gasteiger partial charge < -0.3 is 10.1 Å². The van der Waals surface area contributed by atoms with Crippen molar-refractivity contribution in [1.82, 2.24) is 5.32 Å². The molecule has 1 saturated heterocycles. The van der Waals surface area contributed by atoms with Crippen molar-refractivity contribution in [3.05, 3.63) is 33.3 Å². The quantitative estimate of drug-likeness (QED) is 0.879. The average Bonchev–Trinajstić information content (AvgIpc) is 2.79. The molecular formula is C14H19BrClNO. The second-order valence-corrected chi connectivity index (χ2v) is 6.06. The van der Waals surface area contributed by atoms with Gasteiger partial charge in [-0.05, 0) is 36.5 Å². The van der Waals surface area contributed by atoms with Gasteiger partial charge in [0.15, 0.2) is 0 Å². The van der Waals surface area contributed by atoms with Crippen LogP contribution >= 0.6 is 27.5 Å². The minimum Gasteiger partial charge on any atom is -0.378 e. The van der Waals surface area contributed by atoms with Crippen LogP contribution < -0.4 is 5.32 Å². The van der Waals surface area contributed by atoms with Crippen LogP contribution in [0.5, 0.6) is 0 Å². The molecule has 1 aliphatic rings. The molecule has 0 aromatic heterocycles. The Morgan fingerprint density at radius 3 is 3.06 bits per heavy atom. The molecule has 1 aromatic carbocycles. The minimum atomic E-state index is 0.429. The van der Waals surface area contributed by atoms with E-state index in [1.807, 2.05) is 12.1 Å². The third kappa shape index (κ3) is 3.70. The summed E-state index contributed by atoms with van der Waals surface area (Å²) in [6.45, 7) is 4.92. The Hall–Kier alpha value is -0.0900. The first-order valence-electron chi connectivity index (χ1n) is 6.47. The molecule has 1 aromatic rings. The molecule has 1 heterocycles. The molecule has 0 spiro atoms. The van der Waals surface area contributed by atoms with Gasteiger partial charge in [-0.1, -0.05) is 40.5 Å². The zero-order valence-electron chi connectivity index (χ0n) is 10.6. The maximum atomic E-state index is 6.19. The fourth-order valence-corrected chi connectivity index (χ4v) is 3.17. The molecule has 0 saturated carbocycles. The SMILES string of the molecule is CCC1OCCC1CNCc1ccc(Br)cc1Cl. The van der Waals surface area contributed by atoms with Gasteiger partial charge in [0.05, 0.1) is 6.10 Å². The minimum absolute atomic E-state index is 0.429. The summed E-state index contributed by atoms with van der Waals surface area (Å²) < 4.78 is 6.70. The Kier molecular flexibility index (Phi) is 5.49. The van der Waals surface area contributed by atoms with Gasteiger partial charge in [-0.3, -0.25) is 0 Å². The standard InChI is InChI=1S/C14H19BrClNO/c1-2-14-11(5-6-18-14)9-17-8-10-3-4-12(15)7-13(10)16/h3-4,7,11,14,17H,2,5-6,8-9H2,1H3. The highest BCUT2D eigenvalue weighted by Gasteiger charge is 2.25. The van der Waals surface area contributed by atoms with Gasteiger partial charge in [0.1, 0.15) is 0 Å². The van der Waals surface area contributed by atoms with E-state index in [1.54, 1.807) is 0 Å². The lowest BCUT2D eigenvalue weighted by Crippen LogP contribution is -2.28. The first-order valence-corrected chi connectivity index (χ1v) is 7.64. The average molecular weight is 333 g/mol. The summed E-state index contributed by atoms with van der Waals surface area (Å²) in [5, 5.41) is 4.30. The number of hydrogen-bond donors (Lipinski definition) is 1. The summed E-state index contributed by atoms with van der Waals surface area (Å²) in [6.07, 6.45) is 2.70. The van der Waals surface area contributed by atoms with Crippen LogP contribution in [0.4, 0.5) is 0 Å². The van der Waals surface area contributed by atoms with Gasteiger partial charge in [0.2, 0.25) is 0 Å². The number of benzene rings is 1. The molecule has 0 bridgehead atoms. The summed E-state index contributed by atoms with van der Waals surface area (Å²) >= 11 is 9.60. The molecule has 0 aliphatic carbocycles. The lowest BCUT2D eigenvalue weighted by molar-refractivity contribution is 0.0872. The third-order valence-corrected chi connectivity index (χ3v) is 4.33. The summed E-state index contributed by atoms with van der Waals surface area (Å²) in [6, 6.07) is 6.02. The maximum Gasteiger partial charge on any atom is 0.0613 e. The molecule has 1 N–H and O–H groups in total. The Balaban J connectivity index is 1.81. The lowest BCUT2D eigenvalue weighted by Gasteiger charge is -2.17. The molecule has 1 fully saturated rings. The molecule has 18 heavy (non-hydrogen) atoms. The van der Waals surface area contributed by atoms with Crippen molar-refractivity contribution in [1.29, 1.82) is 0 Å². The van der Waals surface area contributed by atoms with Crippen LogP contribution in [-0.4, -0.2) is 19.3 Å². The van der Waals surface area contributed by atoms with Crippen molar-refractivity contribution in [3.8, 4) is 0 Å². The van der Waals surface area contributed by atoms with Crippen molar-refractivity contribution >= 4 is 27.5 Å². The van der Waals surface area contributed by atoms with Crippen LogP contribution in [0, 0.1) is 5.92 Å². The number of halogens is 2. The van der Waals surface area contributed by atoms with Gasteiger partial charge in [0.25, 0.3) is 0 Å². The number of ether oxygens (including phenoxy) is 1. The highest BCUT2D eigenvalue weighted by atomic mass is 79.9. The summed E-state index contributed by atoms with van der Waals surface area (Å²) in [7, 11) is 0. The highest BCUT2D eigenvalue weighted by Crippen LogP contribution is 2.24. The highest BCUT2D eigenvalue weighted by molar-refractivity contribution is 9.10. The van der Waals surface area contributed by atoms with E-state index in [1.165, 1.54) is 6.42 Å².